The predicted octanol–water partition coefficient (Wildman–Crippen LogP) is 4.01. The van der Waals surface area contributed by atoms with E-state index in [1.165, 1.54) is 47.9 Å². The number of benzene rings is 1. The Hall–Kier alpha value is -1.12. The van der Waals surface area contributed by atoms with Gasteiger partial charge in [0.15, 0.2) is 0 Å². The van der Waals surface area contributed by atoms with Crippen molar-refractivity contribution in [1.82, 2.24) is 5.43 Å². The molecule has 104 valence electrons. The number of allylic oxidation sites excluding steroid dienone is 1. The minimum atomic E-state index is 0.239. The third-order valence-electron chi connectivity index (χ3n) is 4.31. The summed E-state index contributed by atoms with van der Waals surface area (Å²) >= 11 is 0. The molecule has 1 aromatic carbocycles. The van der Waals surface area contributed by atoms with Gasteiger partial charge in [-0.3, -0.25) is 11.3 Å². The summed E-state index contributed by atoms with van der Waals surface area (Å²) in [4.78, 5) is 0. The molecule has 1 atom stereocenters. The average Bonchev–Trinajstić information content (AvgIpc) is 2.42. The molecule has 2 heteroatoms. The van der Waals surface area contributed by atoms with Gasteiger partial charge < -0.3 is 0 Å². The van der Waals surface area contributed by atoms with Gasteiger partial charge in [0.1, 0.15) is 0 Å². The van der Waals surface area contributed by atoms with Crippen LogP contribution in [0.5, 0.6) is 0 Å². The average molecular weight is 258 g/mol. The summed E-state index contributed by atoms with van der Waals surface area (Å²) in [7, 11) is 0. The molecule has 2 nitrogen and oxygen atoms in total. The molecule has 0 heterocycles. The molecular formula is C17H26N2. The van der Waals surface area contributed by atoms with Gasteiger partial charge in [-0.1, -0.05) is 23.8 Å². The third kappa shape index (κ3) is 3.46. The first-order valence-electron chi connectivity index (χ1n) is 7.33. The van der Waals surface area contributed by atoms with Gasteiger partial charge in [-0.2, -0.15) is 0 Å². The summed E-state index contributed by atoms with van der Waals surface area (Å²) in [5.41, 5.74) is 9.96. The molecule has 0 fully saturated rings. The molecule has 0 spiro atoms. The van der Waals surface area contributed by atoms with E-state index in [0.717, 1.165) is 6.42 Å². The summed E-state index contributed by atoms with van der Waals surface area (Å²) < 4.78 is 0. The van der Waals surface area contributed by atoms with Crippen LogP contribution < -0.4 is 11.3 Å². The van der Waals surface area contributed by atoms with Crippen LogP contribution in [0.1, 0.15) is 60.4 Å². The van der Waals surface area contributed by atoms with Gasteiger partial charge in [-0.25, -0.2) is 0 Å². The van der Waals surface area contributed by atoms with Crippen molar-refractivity contribution in [3.8, 4) is 0 Å². The zero-order valence-electron chi connectivity index (χ0n) is 12.4. The van der Waals surface area contributed by atoms with Crippen molar-refractivity contribution < 1.29 is 0 Å². The van der Waals surface area contributed by atoms with Gasteiger partial charge >= 0.3 is 0 Å². The van der Waals surface area contributed by atoms with E-state index in [9.17, 15) is 0 Å². The Morgan fingerprint density at radius 2 is 1.84 bits per heavy atom. The van der Waals surface area contributed by atoms with Crippen molar-refractivity contribution >= 4 is 0 Å². The zero-order chi connectivity index (χ0) is 13.8. The van der Waals surface area contributed by atoms with Crippen LogP contribution in [0.4, 0.5) is 0 Å². The molecule has 1 aromatic rings. The normalized spacial score (nSPS) is 17.2. The topological polar surface area (TPSA) is 38.0 Å². The quantitative estimate of drug-likeness (QED) is 0.486. The van der Waals surface area contributed by atoms with Gasteiger partial charge in [0.2, 0.25) is 0 Å². The Morgan fingerprint density at radius 1 is 1.11 bits per heavy atom. The molecule has 0 bridgehead atoms. The molecule has 0 radical (unpaired) electrons. The molecule has 0 aromatic heterocycles. The maximum absolute atomic E-state index is 5.80. The van der Waals surface area contributed by atoms with Gasteiger partial charge in [0.25, 0.3) is 0 Å². The fourth-order valence-corrected chi connectivity index (χ4v) is 2.97. The molecule has 0 saturated carbocycles. The van der Waals surface area contributed by atoms with E-state index in [4.69, 9.17) is 5.84 Å². The first-order chi connectivity index (χ1) is 9.11. The minimum Gasteiger partial charge on any atom is -0.271 e. The van der Waals surface area contributed by atoms with Crippen LogP contribution in [0.15, 0.2) is 23.8 Å². The number of rotatable bonds is 4. The molecule has 0 amide bonds. The third-order valence-corrected chi connectivity index (χ3v) is 4.31. The van der Waals surface area contributed by atoms with Gasteiger partial charge in [-0.15, -0.1) is 0 Å². The van der Waals surface area contributed by atoms with Gasteiger partial charge in [0.05, 0.1) is 0 Å². The van der Waals surface area contributed by atoms with E-state index in [1.807, 2.05) is 0 Å². The maximum Gasteiger partial charge on any atom is 0.0499 e. The predicted molar refractivity (Wildman–Crippen MR) is 81.9 cm³/mol. The van der Waals surface area contributed by atoms with E-state index in [-0.39, 0.29) is 6.04 Å². The zero-order valence-corrected chi connectivity index (χ0v) is 12.4. The van der Waals surface area contributed by atoms with E-state index in [0.29, 0.717) is 0 Å². The van der Waals surface area contributed by atoms with E-state index in [1.54, 1.807) is 5.57 Å². The Bertz CT molecular complexity index is 474. The lowest BCUT2D eigenvalue weighted by Crippen LogP contribution is -2.29. The maximum atomic E-state index is 5.80. The Morgan fingerprint density at radius 3 is 2.47 bits per heavy atom. The van der Waals surface area contributed by atoms with Crippen molar-refractivity contribution in [3.05, 3.63) is 46.0 Å². The lowest BCUT2D eigenvalue weighted by Gasteiger charge is -2.23. The molecule has 0 aliphatic heterocycles. The van der Waals surface area contributed by atoms with Gasteiger partial charge in [0, 0.05) is 6.04 Å². The fourth-order valence-electron chi connectivity index (χ4n) is 2.97. The largest absolute Gasteiger partial charge is 0.271 e. The van der Waals surface area contributed by atoms with Crippen LogP contribution >= 0.6 is 0 Å². The first kappa shape index (κ1) is 14.3. The second-order valence-electron chi connectivity index (χ2n) is 5.82. The van der Waals surface area contributed by atoms with Crippen LogP contribution in [-0.4, -0.2) is 0 Å². The number of hydrogen-bond acceptors (Lipinski definition) is 2. The molecular weight excluding hydrogens is 232 g/mol. The summed E-state index contributed by atoms with van der Waals surface area (Å²) in [6, 6.07) is 4.80. The van der Waals surface area contributed by atoms with E-state index in [2.05, 4.69) is 44.4 Å². The SMILES string of the molecule is Cc1cc(C)c(C(CC2=CCCCC2)NN)cc1C. The van der Waals surface area contributed by atoms with Crippen molar-refractivity contribution in [2.75, 3.05) is 0 Å². The molecule has 3 N–H and O–H groups in total. The van der Waals surface area contributed by atoms with E-state index < -0.39 is 0 Å². The molecule has 1 unspecified atom stereocenters. The van der Waals surface area contributed by atoms with Crippen LogP contribution in [0.25, 0.3) is 0 Å². The minimum absolute atomic E-state index is 0.239. The fraction of sp³-hybridized carbons (Fsp3) is 0.529. The Kier molecular flexibility index (Phi) is 4.78. The van der Waals surface area contributed by atoms with Gasteiger partial charge in [-0.05, 0) is 75.1 Å². The lowest BCUT2D eigenvalue weighted by molar-refractivity contribution is 0.526. The van der Waals surface area contributed by atoms with Crippen molar-refractivity contribution in [1.29, 1.82) is 0 Å². The van der Waals surface area contributed by atoms with Crippen LogP contribution in [0, 0.1) is 20.8 Å². The summed E-state index contributed by atoms with van der Waals surface area (Å²) in [6.07, 6.45) is 8.59. The number of aryl methyl sites for hydroxylation is 3. The van der Waals surface area contributed by atoms with Crippen LogP contribution in [0.3, 0.4) is 0 Å². The molecule has 0 saturated heterocycles. The second kappa shape index (κ2) is 6.36. The first-order valence-corrected chi connectivity index (χ1v) is 7.33. The molecule has 19 heavy (non-hydrogen) atoms. The van der Waals surface area contributed by atoms with E-state index >= 15 is 0 Å². The number of hydrogen-bond donors (Lipinski definition) is 2. The standard InChI is InChI=1S/C17H26N2/c1-12-9-14(3)16(10-13(12)2)17(19-18)11-15-7-5-4-6-8-15/h7,9-10,17,19H,4-6,8,11,18H2,1-3H3. The van der Waals surface area contributed by atoms with Crippen molar-refractivity contribution in [3.63, 3.8) is 0 Å². The lowest BCUT2D eigenvalue weighted by atomic mass is 9.89. The number of nitrogens with two attached hydrogens (primary N) is 1. The Labute approximate surface area is 117 Å². The smallest absolute Gasteiger partial charge is 0.0499 e. The highest BCUT2D eigenvalue weighted by Gasteiger charge is 2.16. The highest BCUT2D eigenvalue weighted by atomic mass is 15.2. The number of nitrogens with one attached hydrogen (secondary N) is 1. The van der Waals surface area contributed by atoms with Crippen LogP contribution in [0.2, 0.25) is 0 Å². The van der Waals surface area contributed by atoms with Crippen molar-refractivity contribution in [2.45, 2.75) is 58.9 Å². The summed E-state index contributed by atoms with van der Waals surface area (Å²) in [5, 5.41) is 0. The summed E-state index contributed by atoms with van der Waals surface area (Å²) in [6.45, 7) is 6.52. The number of hydrazine groups is 1. The molecule has 1 aliphatic carbocycles. The second-order valence-corrected chi connectivity index (χ2v) is 5.82. The highest BCUT2D eigenvalue weighted by Crippen LogP contribution is 2.29. The monoisotopic (exact) mass is 258 g/mol. The Balaban J connectivity index is 2.21. The van der Waals surface area contributed by atoms with Crippen molar-refractivity contribution in [2.24, 2.45) is 5.84 Å². The molecule has 1 aliphatic rings. The summed E-state index contributed by atoms with van der Waals surface area (Å²) in [5.74, 6) is 5.80. The molecule has 2 rings (SSSR count). The van der Waals surface area contributed by atoms with Crippen LogP contribution in [-0.2, 0) is 0 Å². The highest BCUT2D eigenvalue weighted by molar-refractivity contribution is 5.38.